The lowest BCUT2D eigenvalue weighted by molar-refractivity contribution is 1.05. The van der Waals surface area contributed by atoms with Crippen molar-refractivity contribution < 1.29 is 0 Å². The van der Waals surface area contributed by atoms with E-state index >= 15 is 0 Å². The molecule has 0 amide bonds. The molecule has 2 aromatic rings. The maximum absolute atomic E-state index is 9.54. The van der Waals surface area contributed by atoms with Crippen molar-refractivity contribution in [3.8, 4) is 6.07 Å². The smallest absolute Gasteiger partial charge is 0.120 e. The van der Waals surface area contributed by atoms with Gasteiger partial charge in [-0.05, 0) is 24.3 Å². The fraction of sp³-hybridized carbons (Fsp3) is 0.118. The minimum Gasteiger partial charge on any atom is -0.334 e. The summed E-state index contributed by atoms with van der Waals surface area (Å²) in [4.78, 5) is 4.11. The molecule has 2 aromatic carbocycles. The summed E-state index contributed by atoms with van der Waals surface area (Å²) in [7, 11) is 0. The fourth-order valence-electron chi connectivity index (χ4n) is 2.18. The van der Waals surface area contributed by atoms with E-state index in [0.717, 1.165) is 32.8 Å². The minimum absolute atomic E-state index is 0.771. The Morgan fingerprint density at radius 3 is 2.38 bits per heavy atom. The van der Waals surface area contributed by atoms with Gasteiger partial charge in [0.1, 0.15) is 16.0 Å². The van der Waals surface area contributed by atoms with Crippen LogP contribution in [-0.2, 0) is 0 Å². The van der Waals surface area contributed by atoms with Crippen LogP contribution in [0.2, 0.25) is 0 Å². The lowest BCUT2D eigenvalue weighted by Crippen LogP contribution is -2.17. The Labute approximate surface area is 133 Å². The normalized spacial score (nSPS) is 16.6. The van der Waals surface area contributed by atoms with Crippen LogP contribution in [0, 0.1) is 11.3 Å². The molecular weight excluding hydrogens is 296 g/mol. The van der Waals surface area contributed by atoms with E-state index in [1.54, 1.807) is 23.5 Å². The summed E-state index contributed by atoms with van der Waals surface area (Å²) in [5.41, 5.74) is 1.15. The number of benzene rings is 2. The van der Waals surface area contributed by atoms with E-state index in [9.17, 15) is 5.26 Å². The molecule has 1 aliphatic rings. The van der Waals surface area contributed by atoms with Crippen LogP contribution >= 0.6 is 23.5 Å². The summed E-state index contributed by atoms with van der Waals surface area (Å²) in [6, 6.07) is 22.7. The highest BCUT2D eigenvalue weighted by atomic mass is 32.2. The minimum atomic E-state index is 0.771. The van der Waals surface area contributed by atoms with Gasteiger partial charge in [-0.1, -0.05) is 48.2 Å². The molecular formula is C17H14N2S2. The first-order valence-electron chi connectivity index (χ1n) is 6.71. The van der Waals surface area contributed by atoms with Crippen molar-refractivity contribution in [2.75, 3.05) is 17.2 Å². The standard InChI is InChI=1S/C17H14N2S2/c18-13-16(21-15-9-5-2-6-10-15)17-19(11-12-20-17)14-7-3-1-4-8-14/h1-10H,11-12H2. The average molecular weight is 310 g/mol. The highest BCUT2D eigenvalue weighted by molar-refractivity contribution is 8.07. The largest absolute Gasteiger partial charge is 0.334 e. The third kappa shape index (κ3) is 3.26. The number of nitrogens with zero attached hydrogens (tertiary/aromatic N) is 2. The molecule has 0 aromatic heterocycles. The fourth-order valence-corrected chi connectivity index (χ4v) is 4.25. The summed E-state index contributed by atoms with van der Waals surface area (Å²) >= 11 is 3.30. The quantitative estimate of drug-likeness (QED) is 0.605. The maximum atomic E-state index is 9.54. The number of anilines is 1. The van der Waals surface area contributed by atoms with Gasteiger partial charge in [0.05, 0.1) is 0 Å². The van der Waals surface area contributed by atoms with Crippen molar-refractivity contribution in [2.45, 2.75) is 4.90 Å². The predicted octanol–water partition coefficient (Wildman–Crippen LogP) is 4.72. The molecule has 104 valence electrons. The second kappa shape index (κ2) is 6.75. The van der Waals surface area contributed by atoms with Crippen molar-refractivity contribution in [3.63, 3.8) is 0 Å². The summed E-state index contributed by atoms with van der Waals surface area (Å²) in [6.45, 7) is 0.949. The zero-order valence-corrected chi connectivity index (χ0v) is 13.0. The van der Waals surface area contributed by atoms with E-state index in [1.165, 1.54) is 0 Å². The van der Waals surface area contributed by atoms with Crippen LogP contribution in [0.4, 0.5) is 5.69 Å². The van der Waals surface area contributed by atoms with Gasteiger partial charge in [-0.15, -0.1) is 11.8 Å². The number of rotatable bonds is 3. The van der Waals surface area contributed by atoms with Crippen LogP contribution in [0.15, 0.2) is 75.5 Å². The van der Waals surface area contributed by atoms with Crippen molar-refractivity contribution in [2.24, 2.45) is 0 Å². The van der Waals surface area contributed by atoms with Crippen LogP contribution in [0.3, 0.4) is 0 Å². The van der Waals surface area contributed by atoms with Crippen LogP contribution in [0.1, 0.15) is 0 Å². The molecule has 0 bridgehead atoms. The first-order valence-corrected chi connectivity index (χ1v) is 8.51. The Morgan fingerprint density at radius 2 is 1.71 bits per heavy atom. The molecule has 1 fully saturated rings. The van der Waals surface area contributed by atoms with Crippen LogP contribution < -0.4 is 4.90 Å². The SMILES string of the molecule is N#CC(Sc1ccccc1)=C1SCCN1c1ccccc1. The lowest BCUT2D eigenvalue weighted by atomic mass is 10.3. The molecule has 0 radical (unpaired) electrons. The van der Waals surface area contributed by atoms with Gasteiger partial charge < -0.3 is 4.90 Å². The summed E-state index contributed by atoms with van der Waals surface area (Å²) in [5, 5.41) is 10.6. The zero-order valence-electron chi connectivity index (χ0n) is 11.4. The molecule has 0 atom stereocenters. The van der Waals surface area contributed by atoms with Gasteiger partial charge in [-0.2, -0.15) is 5.26 Å². The Hall–Kier alpha value is -1.83. The van der Waals surface area contributed by atoms with Gasteiger partial charge >= 0.3 is 0 Å². The third-order valence-electron chi connectivity index (χ3n) is 3.13. The molecule has 0 unspecified atom stereocenters. The van der Waals surface area contributed by atoms with E-state index in [1.807, 2.05) is 48.5 Å². The number of nitriles is 1. The van der Waals surface area contributed by atoms with E-state index in [0.29, 0.717) is 0 Å². The van der Waals surface area contributed by atoms with Crippen LogP contribution in [0.25, 0.3) is 0 Å². The average Bonchev–Trinajstić information content (AvgIpc) is 3.04. The third-order valence-corrected chi connectivity index (χ3v) is 5.34. The molecule has 1 saturated heterocycles. The van der Waals surface area contributed by atoms with E-state index in [2.05, 4.69) is 23.1 Å². The van der Waals surface area contributed by atoms with Crippen molar-refractivity contribution in [1.82, 2.24) is 0 Å². The van der Waals surface area contributed by atoms with Gasteiger partial charge in [0, 0.05) is 22.9 Å². The Kier molecular flexibility index (Phi) is 4.54. The molecule has 0 saturated carbocycles. The van der Waals surface area contributed by atoms with E-state index in [-0.39, 0.29) is 0 Å². The Bertz CT molecular complexity index is 675. The number of hydrogen-bond acceptors (Lipinski definition) is 4. The summed E-state index contributed by atoms with van der Waals surface area (Å²) < 4.78 is 0. The Morgan fingerprint density at radius 1 is 1.05 bits per heavy atom. The highest BCUT2D eigenvalue weighted by Gasteiger charge is 2.23. The monoisotopic (exact) mass is 310 g/mol. The number of thioether (sulfide) groups is 2. The number of hydrogen-bond donors (Lipinski definition) is 0. The molecule has 1 aliphatic heterocycles. The molecule has 0 aliphatic carbocycles. The topological polar surface area (TPSA) is 27.0 Å². The number of allylic oxidation sites excluding steroid dienone is 1. The number of para-hydroxylation sites is 1. The molecule has 2 nitrogen and oxygen atoms in total. The van der Waals surface area contributed by atoms with Gasteiger partial charge in [0.15, 0.2) is 0 Å². The van der Waals surface area contributed by atoms with E-state index < -0.39 is 0 Å². The van der Waals surface area contributed by atoms with E-state index in [4.69, 9.17) is 0 Å². The second-order valence-corrected chi connectivity index (χ2v) is 6.66. The van der Waals surface area contributed by atoms with Crippen molar-refractivity contribution in [1.29, 1.82) is 5.26 Å². The molecule has 4 heteroatoms. The van der Waals surface area contributed by atoms with Gasteiger partial charge in [-0.25, -0.2) is 0 Å². The van der Waals surface area contributed by atoms with Crippen molar-refractivity contribution in [3.05, 3.63) is 70.6 Å². The maximum Gasteiger partial charge on any atom is 0.120 e. The van der Waals surface area contributed by atoms with Gasteiger partial charge in [-0.3, -0.25) is 0 Å². The highest BCUT2D eigenvalue weighted by Crippen LogP contribution is 2.40. The lowest BCUT2D eigenvalue weighted by Gasteiger charge is -2.20. The molecule has 0 N–H and O–H groups in total. The van der Waals surface area contributed by atoms with Crippen LogP contribution in [-0.4, -0.2) is 12.3 Å². The second-order valence-electron chi connectivity index (χ2n) is 4.50. The zero-order chi connectivity index (χ0) is 14.5. The van der Waals surface area contributed by atoms with Crippen molar-refractivity contribution >= 4 is 29.2 Å². The summed E-state index contributed by atoms with van der Waals surface area (Å²) in [5.74, 6) is 1.02. The molecule has 0 spiro atoms. The molecule has 3 rings (SSSR count). The Balaban J connectivity index is 1.92. The summed E-state index contributed by atoms with van der Waals surface area (Å²) in [6.07, 6.45) is 0. The molecule has 1 heterocycles. The van der Waals surface area contributed by atoms with Gasteiger partial charge in [0.25, 0.3) is 0 Å². The first kappa shape index (κ1) is 14.1. The molecule has 21 heavy (non-hydrogen) atoms. The van der Waals surface area contributed by atoms with Gasteiger partial charge in [0.2, 0.25) is 0 Å². The predicted molar refractivity (Wildman–Crippen MR) is 91.2 cm³/mol. The van der Waals surface area contributed by atoms with Crippen LogP contribution in [0.5, 0.6) is 0 Å². The first-order chi connectivity index (χ1) is 10.4.